The standard InChI is InChI=1S/C15H12F3N5O6S/c16-15(17,18)29-7-1-3-8(4-2-7)30(27,28)9-5-10(19)11(21-6-9)13(25)22-23-14(26)12(20)24/h1-6H,19H2,(H2,20,24)(H,22,25)(H,23,26). The van der Waals surface area contributed by atoms with E-state index in [1.807, 2.05) is 0 Å². The van der Waals surface area contributed by atoms with Gasteiger partial charge in [-0.3, -0.25) is 25.2 Å². The van der Waals surface area contributed by atoms with Gasteiger partial charge in [-0.1, -0.05) is 0 Å². The predicted octanol–water partition coefficient (Wildman–Crippen LogP) is -0.359. The summed E-state index contributed by atoms with van der Waals surface area (Å²) in [5.74, 6) is -4.38. The molecule has 0 saturated carbocycles. The minimum Gasteiger partial charge on any atom is -0.406 e. The van der Waals surface area contributed by atoms with Crippen LogP contribution in [0.4, 0.5) is 18.9 Å². The summed E-state index contributed by atoms with van der Waals surface area (Å²) in [7, 11) is -4.24. The number of nitrogens with two attached hydrogens (primary N) is 2. The minimum atomic E-state index is -4.94. The predicted molar refractivity (Wildman–Crippen MR) is 92.0 cm³/mol. The molecule has 0 radical (unpaired) electrons. The number of hydrogen-bond acceptors (Lipinski definition) is 8. The number of benzene rings is 1. The number of nitrogen functional groups attached to an aromatic ring is 1. The number of sulfone groups is 1. The van der Waals surface area contributed by atoms with Gasteiger partial charge in [0, 0.05) is 6.20 Å². The number of pyridine rings is 1. The fourth-order valence-corrected chi connectivity index (χ4v) is 3.23. The third-order valence-corrected chi connectivity index (χ3v) is 5.04. The van der Waals surface area contributed by atoms with Crippen molar-refractivity contribution in [3.05, 3.63) is 42.2 Å². The Morgan fingerprint density at radius 2 is 1.63 bits per heavy atom. The number of hydrazine groups is 1. The van der Waals surface area contributed by atoms with Crippen LogP contribution < -0.4 is 27.1 Å². The zero-order valence-electron chi connectivity index (χ0n) is 14.6. The lowest BCUT2D eigenvalue weighted by molar-refractivity contribution is -0.274. The first kappa shape index (κ1) is 22.4. The van der Waals surface area contributed by atoms with Crippen LogP contribution in [0.2, 0.25) is 0 Å². The van der Waals surface area contributed by atoms with Gasteiger partial charge in [0.2, 0.25) is 9.84 Å². The van der Waals surface area contributed by atoms with E-state index in [4.69, 9.17) is 5.73 Å². The van der Waals surface area contributed by atoms with E-state index in [0.29, 0.717) is 0 Å². The summed E-state index contributed by atoms with van der Waals surface area (Å²) in [5.41, 5.74) is 12.9. The summed E-state index contributed by atoms with van der Waals surface area (Å²) < 4.78 is 65.4. The summed E-state index contributed by atoms with van der Waals surface area (Å²) in [4.78, 5) is 36.2. The van der Waals surface area contributed by atoms with Crippen LogP contribution in [0.5, 0.6) is 5.75 Å². The second kappa shape index (κ2) is 8.24. The second-order valence-electron chi connectivity index (χ2n) is 5.40. The highest BCUT2D eigenvalue weighted by molar-refractivity contribution is 7.91. The van der Waals surface area contributed by atoms with E-state index in [1.165, 1.54) is 0 Å². The van der Waals surface area contributed by atoms with Crippen molar-refractivity contribution < 1.29 is 40.7 Å². The molecule has 0 aliphatic heterocycles. The van der Waals surface area contributed by atoms with Crippen molar-refractivity contribution in [1.29, 1.82) is 0 Å². The number of primary amides is 1. The number of rotatable bonds is 4. The molecule has 2 aromatic rings. The van der Waals surface area contributed by atoms with Crippen LogP contribution in [0.15, 0.2) is 46.3 Å². The summed E-state index contributed by atoms with van der Waals surface area (Å²) in [5, 5.41) is 0. The van der Waals surface area contributed by atoms with Gasteiger partial charge in [0.1, 0.15) is 5.75 Å². The van der Waals surface area contributed by atoms with Gasteiger partial charge >= 0.3 is 18.2 Å². The molecule has 1 heterocycles. The molecule has 0 bridgehead atoms. The van der Waals surface area contributed by atoms with Crippen molar-refractivity contribution >= 4 is 33.2 Å². The Morgan fingerprint density at radius 3 is 2.13 bits per heavy atom. The summed E-state index contributed by atoms with van der Waals surface area (Å²) in [6, 6.07) is 4.26. The molecule has 0 atom stereocenters. The number of nitrogens with one attached hydrogen (secondary N) is 2. The van der Waals surface area contributed by atoms with Gasteiger partial charge in [0.05, 0.1) is 15.5 Å². The van der Waals surface area contributed by atoms with Crippen LogP contribution in [-0.4, -0.2) is 37.5 Å². The molecule has 1 aromatic carbocycles. The minimum absolute atomic E-state index is 0.385. The van der Waals surface area contributed by atoms with E-state index in [-0.39, 0.29) is 4.90 Å². The number of halogens is 3. The number of anilines is 1. The van der Waals surface area contributed by atoms with E-state index >= 15 is 0 Å². The molecule has 11 nitrogen and oxygen atoms in total. The van der Waals surface area contributed by atoms with E-state index in [1.54, 1.807) is 10.9 Å². The van der Waals surface area contributed by atoms with Crippen molar-refractivity contribution in [2.75, 3.05) is 5.73 Å². The van der Waals surface area contributed by atoms with Gasteiger partial charge < -0.3 is 16.2 Å². The SMILES string of the molecule is NC(=O)C(=O)NNC(=O)c1ncc(S(=O)(=O)c2ccc(OC(F)(F)F)cc2)cc1N. The van der Waals surface area contributed by atoms with Crippen molar-refractivity contribution in [3.63, 3.8) is 0 Å². The first-order valence-electron chi connectivity index (χ1n) is 7.58. The molecule has 0 saturated heterocycles. The summed E-state index contributed by atoms with van der Waals surface area (Å²) in [6.07, 6.45) is -4.16. The Morgan fingerprint density at radius 1 is 1.03 bits per heavy atom. The van der Waals surface area contributed by atoms with Crippen molar-refractivity contribution in [3.8, 4) is 5.75 Å². The fourth-order valence-electron chi connectivity index (χ4n) is 1.99. The normalized spacial score (nSPS) is 11.4. The third kappa shape index (κ3) is 5.34. The van der Waals surface area contributed by atoms with Crippen LogP contribution in [0.3, 0.4) is 0 Å². The third-order valence-electron chi connectivity index (χ3n) is 3.30. The van der Waals surface area contributed by atoms with E-state index in [9.17, 15) is 36.0 Å². The van der Waals surface area contributed by atoms with Crippen molar-refractivity contribution in [1.82, 2.24) is 15.8 Å². The zero-order chi connectivity index (χ0) is 22.7. The number of nitrogens with zero attached hydrogens (tertiary/aromatic N) is 1. The van der Waals surface area contributed by atoms with E-state index in [2.05, 4.69) is 15.5 Å². The highest BCUT2D eigenvalue weighted by Gasteiger charge is 2.31. The molecule has 0 aliphatic rings. The first-order valence-corrected chi connectivity index (χ1v) is 9.06. The summed E-state index contributed by atoms with van der Waals surface area (Å²) in [6.45, 7) is 0. The molecule has 0 spiro atoms. The molecule has 1 aromatic heterocycles. The van der Waals surface area contributed by atoms with Gasteiger partial charge in [0.15, 0.2) is 5.69 Å². The first-order chi connectivity index (χ1) is 13.8. The average molecular weight is 447 g/mol. The van der Waals surface area contributed by atoms with Crippen molar-refractivity contribution in [2.45, 2.75) is 16.2 Å². The van der Waals surface area contributed by atoms with Gasteiger partial charge in [-0.2, -0.15) is 0 Å². The number of ether oxygens (including phenoxy) is 1. The Balaban J connectivity index is 2.23. The molecular weight excluding hydrogens is 435 g/mol. The molecule has 0 aliphatic carbocycles. The van der Waals surface area contributed by atoms with Gasteiger partial charge in [-0.25, -0.2) is 13.4 Å². The molecule has 15 heteroatoms. The maximum atomic E-state index is 12.6. The zero-order valence-corrected chi connectivity index (χ0v) is 15.4. The molecule has 3 amide bonds. The molecule has 160 valence electrons. The fraction of sp³-hybridized carbons (Fsp3) is 0.0667. The Bertz CT molecular complexity index is 1100. The molecule has 6 N–H and O–H groups in total. The van der Waals surface area contributed by atoms with Crippen LogP contribution in [0, 0.1) is 0 Å². The summed E-state index contributed by atoms with van der Waals surface area (Å²) >= 11 is 0. The smallest absolute Gasteiger partial charge is 0.406 e. The molecule has 2 rings (SSSR count). The maximum Gasteiger partial charge on any atom is 0.573 e. The molecule has 30 heavy (non-hydrogen) atoms. The van der Waals surface area contributed by atoms with E-state index < -0.39 is 55.9 Å². The van der Waals surface area contributed by atoms with Crippen LogP contribution in [-0.2, 0) is 19.4 Å². The maximum absolute atomic E-state index is 12.6. The lowest BCUT2D eigenvalue weighted by Gasteiger charge is -2.11. The lowest BCUT2D eigenvalue weighted by atomic mass is 10.3. The number of amides is 3. The van der Waals surface area contributed by atoms with Gasteiger partial charge in [0.25, 0.3) is 5.91 Å². The lowest BCUT2D eigenvalue weighted by Crippen LogP contribution is -2.47. The quantitative estimate of drug-likeness (QED) is 0.362. The second-order valence-corrected chi connectivity index (χ2v) is 7.35. The number of hydrogen-bond donors (Lipinski definition) is 4. The Kier molecular flexibility index (Phi) is 6.15. The average Bonchev–Trinajstić information content (AvgIpc) is 2.64. The van der Waals surface area contributed by atoms with E-state index in [0.717, 1.165) is 36.5 Å². The number of alkyl halides is 3. The monoisotopic (exact) mass is 447 g/mol. The number of aromatic nitrogens is 1. The topological polar surface area (TPSA) is 184 Å². The van der Waals surface area contributed by atoms with Gasteiger partial charge in [-0.15, -0.1) is 13.2 Å². The molecule has 0 fully saturated rings. The van der Waals surface area contributed by atoms with Crippen molar-refractivity contribution in [2.24, 2.45) is 5.73 Å². The highest BCUT2D eigenvalue weighted by Crippen LogP contribution is 2.27. The van der Waals surface area contributed by atoms with Crippen LogP contribution >= 0.6 is 0 Å². The molecule has 0 unspecified atom stereocenters. The number of carbonyl (C=O) groups excluding carboxylic acids is 3. The van der Waals surface area contributed by atoms with Crippen LogP contribution in [0.25, 0.3) is 0 Å². The molecular formula is C15H12F3N5O6S. The Labute approximate surface area is 166 Å². The number of carbonyl (C=O) groups is 3. The van der Waals surface area contributed by atoms with Gasteiger partial charge in [-0.05, 0) is 30.3 Å². The largest absolute Gasteiger partial charge is 0.573 e. The van der Waals surface area contributed by atoms with Crippen LogP contribution in [0.1, 0.15) is 10.5 Å². The highest BCUT2D eigenvalue weighted by atomic mass is 32.2. The Hall–Kier alpha value is -3.88.